The van der Waals surface area contributed by atoms with Crippen LogP contribution in [-0.4, -0.2) is 10.9 Å². The second-order valence-electron chi connectivity index (χ2n) is 7.05. The van der Waals surface area contributed by atoms with E-state index in [2.05, 4.69) is 31.1 Å². The highest BCUT2D eigenvalue weighted by molar-refractivity contribution is 7.15. The minimum absolute atomic E-state index is 0.0249. The molecule has 1 amide bonds. The predicted molar refractivity (Wildman–Crippen MR) is 93.7 cm³/mol. The largest absolute Gasteiger partial charge is 0.302 e. The summed E-state index contributed by atoms with van der Waals surface area (Å²) in [6, 6.07) is 1.99. The number of aromatic nitrogens is 1. The van der Waals surface area contributed by atoms with Gasteiger partial charge in [0.15, 0.2) is 5.13 Å². The first-order chi connectivity index (χ1) is 10.4. The van der Waals surface area contributed by atoms with E-state index in [0.29, 0.717) is 17.8 Å². The standard InChI is InChI=1S/C17H22N2OS2/c1-17(2,3)12-4-5-13-14(9-12)22-16(18-13)19-15(20)8-11-6-7-21-10-11/h6-7,10,12H,4-5,8-9H2,1-3H3,(H,18,19,20). The Bertz CT molecular complexity index is 653. The van der Waals surface area contributed by atoms with Crippen LogP contribution in [0.15, 0.2) is 16.8 Å². The zero-order valence-electron chi connectivity index (χ0n) is 13.3. The number of hydrogen-bond acceptors (Lipinski definition) is 4. The van der Waals surface area contributed by atoms with Crippen molar-refractivity contribution in [3.63, 3.8) is 0 Å². The first-order valence-corrected chi connectivity index (χ1v) is 9.47. The van der Waals surface area contributed by atoms with Gasteiger partial charge in [-0.05, 0) is 53.0 Å². The van der Waals surface area contributed by atoms with Gasteiger partial charge in [0.2, 0.25) is 5.91 Å². The van der Waals surface area contributed by atoms with Crippen molar-refractivity contribution in [1.82, 2.24) is 4.98 Å². The molecule has 1 atom stereocenters. The van der Waals surface area contributed by atoms with Crippen molar-refractivity contribution in [2.45, 2.75) is 46.5 Å². The number of rotatable bonds is 3. The van der Waals surface area contributed by atoms with Crippen LogP contribution < -0.4 is 5.32 Å². The van der Waals surface area contributed by atoms with Crippen LogP contribution in [0.25, 0.3) is 0 Å². The predicted octanol–water partition coefficient (Wildman–Crippen LogP) is 4.54. The van der Waals surface area contributed by atoms with E-state index in [1.54, 1.807) is 22.7 Å². The minimum atomic E-state index is 0.0249. The number of amides is 1. The molecule has 2 aromatic rings. The van der Waals surface area contributed by atoms with Gasteiger partial charge < -0.3 is 5.32 Å². The monoisotopic (exact) mass is 334 g/mol. The molecule has 22 heavy (non-hydrogen) atoms. The van der Waals surface area contributed by atoms with Gasteiger partial charge in [0.05, 0.1) is 12.1 Å². The highest BCUT2D eigenvalue weighted by Crippen LogP contribution is 2.40. The molecule has 0 aliphatic heterocycles. The maximum atomic E-state index is 12.1. The van der Waals surface area contributed by atoms with E-state index in [0.717, 1.165) is 23.5 Å². The molecule has 0 fully saturated rings. The fraction of sp³-hybridized carbons (Fsp3) is 0.529. The Kier molecular flexibility index (Phi) is 4.37. The van der Waals surface area contributed by atoms with Gasteiger partial charge in [-0.2, -0.15) is 11.3 Å². The number of aryl methyl sites for hydroxylation is 1. The summed E-state index contributed by atoms with van der Waals surface area (Å²) in [5, 5.41) is 7.74. The van der Waals surface area contributed by atoms with Crippen LogP contribution in [-0.2, 0) is 24.1 Å². The highest BCUT2D eigenvalue weighted by atomic mass is 32.1. The fourth-order valence-electron chi connectivity index (χ4n) is 2.91. The average molecular weight is 335 g/mol. The summed E-state index contributed by atoms with van der Waals surface area (Å²) in [5.74, 6) is 0.728. The van der Waals surface area contributed by atoms with Gasteiger partial charge in [-0.25, -0.2) is 4.98 Å². The van der Waals surface area contributed by atoms with Gasteiger partial charge in [0.25, 0.3) is 0 Å². The van der Waals surface area contributed by atoms with Gasteiger partial charge >= 0.3 is 0 Å². The molecule has 3 rings (SSSR count). The van der Waals surface area contributed by atoms with E-state index in [-0.39, 0.29) is 5.91 Å². The van der Waals surface area contributed by atoms with Gasteiger partial charge in [-0.3, -0.25) is 4.79 Å². The third-order valence-corrected chi connectivity index (χ3v) is 6.12. The van der Waals surface area contributed by atoms with Crippen LogP contribution in [0.2, 0.25) is 0 Å². The summed E-state index contributed by atoms with van der Waals surface area (Å²) in [6.45, 7) is 6.94. The van der Waals surface area contributed by atoms with Crippen molar-refractivity contribution in [2.24, 2.45) is 11.3 Å². The number of nitrogens with one attached hydrogen (secondary N) is 1. The van der Waals surface area contributed by atoms with Crippen LogP contribution in [0.4, 0.5) is 5.13 Å². The van der Waals surface area contributed by atoms with E-state index in [4.69, 9.17) is 0 Å². The van der Waals surface area contributed by atoms with Crippen LogP contribution >= 0.6 is 22.7 Å². The Hall–Kier alpha value is -1.20. The molecule has 0 saturated carbocycles. The number of carbonyl (C=O) groups excluding carboxylic acids is 1. The number of hydrogen-bond donors (Lipinski definition) is 1. The summed E-state index contributed by atoms with van der Waals surface area (Å²) >= 11 is 3.28. The maximum absolute atomic E-state index is 12.1. The van der Waals surface area contributed by atoms with Crippen LogP contribution in [0.1, 0.15) is 43.3 Å². The molecule has 2 heterocycles. The van der Waals surface area contributed by atoms with Crippen LogP contribution in [0.5, 0.6) is 0 Å². The summed E-state index contributed by atoms with van der Waals surface area (Å²) in [5.41, 5.74) is 2.59. The Morgan fingerprint density at radius 3 is 2.95 bits per heavy atom. The molecule has 0 bridgehead atoms. The zero-order chi connectivity index (χ0) is 15.7. The zero-order valence-corrected chi connectivity index (χ0v) is 14.9. The van der Waals surface area contributed by atoms with Crippen molar-refractivity contribution in [2.75, 3.05) is 5.32 Å². The molecular formula is C17H22N2OS2. The van der Waals surface area contributed by atoms with E-state index in [9.17, 15) is 4.79 Å². The SMILES string of the molecule is CC(C)(C)C1CCc2nc(NC(=O)Cc3ccsc3)sc2C1. The van der Waals surface area contributed by atoms with Crippen molar-refractivity contribution in [3.05, 3.63) is 33.0 Å². The van der Waals surface area contributed by atoms with Crippen molar-refractivity contribution < 1.29 is 4.79 Å². The van der Waals surface area contributed by atoms with Gasteiger partial charge in [0, 0.05) is 4.88 Å². The summed E-state index contributed by atoms with van der Waals surface area (Å²) in [4.78, 5) is 18.1. The normalized spacial score (nSPS) is 18.0. The lowest BCUT2D eigenvalue weighted by atomic mass is 9.73. The molecule has 3 nitrogen and oxygen atoms in total. The summed E-state index contributed by atoms with van der Waals surface area (Å²) in [7, 11) is 0. The van der Waals surface area contributed by atoms with Gasteiger partial charge in [-0.15, -0.1) is 11.3 Å². The Morgan fingerprint density at radius 2 is 2.27 bits per heavy atom. The Morgan fingerprint density at radius 1 is 1.45 bits per heavy atom. The molecule has 2 aromatic heterocycles. The first kappa shape index (κ1) is 15.7. The quantitative estimate of drug-likeness (QED) is 0.895. The number of thiazole rings is 1. The second kappa shape index (κ2) is 6.13. The van der Waals surface area contributed by atoms with E-state index >= 15 is 0 Å². The second-order valence-corrected chi connectivity index (χ2v) is 8.91. The molecule has 0 spiro atoms. The molecule has 5 heteroatoms. The summed E-state index contributed by atoms with van der Waals surface area (Å²) < 4.78 is 0. The number of anilines is 1. The van der Waals surface area contributed by atoms with Crippen LogP contribution in [0.3, 0.4) is 0 Å². The third-order valence-electron chi connectivity index (χ3n) is 4.36. The van der Waals surface area contributed by atoms with Crippen molar-refractivity contribution in [1.29, 1.82) is 0 Å². The van der Waals surface area contributed by atoms with Crippen molar-refractivity contribution >= 4 is 33.7 Å². The molecule has 118 valence electrons. The summed E-state index contributed by atoms with van der Waals surface area (Å²) in [6.07, 6.45) is 3.76. The molecule has 0 radical (unpaired) electrons. The lowest BCUT2D eigenvalue weighted by Crippen LogP contribution is -2.26. The molecule has 0 saturated heterocycles. The van der Waals surface area contributed by atoms with Crippen molar-refractivity contribution in [3.8, 4) is 0 Å². The average Bonchev–Trinajstić information content (AvgIpc) is 3.04. The first-order valence-electron chi connectivity index (χ1n) is 7.71. The molecule has 1 aliphatic rings. The van der Waals surface area contributed by atoms with Crippen LogP contribution in [0, 0.1) is 11.3 Å². The Labute approximate surface area is 139 Å². The number of thiophene rings is 1. The molecule has 1 aliphatic carbocycles. The Balaban J connectivity index is 1.65. The smallest absolute Gasteiger partial charge is 0.230 e. The topological polar surface area (TPSA) is 42.0 Å². The number of nitrogens with zero attached hydrogens (tertiary/aromatic N) is 1. The van der Waals surface area contributed by atoms with E-state index in [1.807, 2.05) is 16.8 Å². The molecule has 1 unspecified atom stereocenters. The van der Waals surface area contributed by atoms with Gasteiger partial charge in [0.1, 0.15) is 0 Å². The lowest BCUT2D eigenvalue weighted by Gasteiger charge is -2.33. The fourth-order valence-corrected chi connectivity index (χ4v) is 4.68. The molecule has 1 N–H and O–H groups in total. The lowest BCUT2D eigenvalue weighted by molar-refractivity contribution is -0.115. The van der Waals surface area contributed by atoms with E-state index < -0.39 is 0 Å². The maximum Gasteiger partial charge on any atom is 0.230 e. The third kappa shape index (κ3) is 3.58. The number of carbonyl (C=O) groups is 1. The minimum Gasteiger partial charge on any atom is -0.302 e. The molecular weight excluding hydrogens is 312 g/mol. The van der Waals surface area contributed by atoms with E-state index in [1.165, 1.54) is 17.0 Å². The highest BCUT2D eigenvalue weighted by Gasteiger charge is 2.30. The molecule has 0 aromatic carbocycles. The van der Waals surface area contributed by atoms with Gasteiger partial charge in [-0.1, -0.05) is 20.8 Å². The number of fused-ring (bicyclic) bond motifs is 1.